The molecule has 0 spiro atoms. The van der Waals surface area contributed by atoms with Gasteiger partial charge in [-0.1, -0.05) is 30.3 Å². The third-order valence-electron chi connectivity index (χ3n) is 3.62. The number of esters is 1. The molecule has 2 aromatic rings. The summed E-state index contributed by atoms with van der Waals surface area (Å²) in [4.78, 5) is 29.6. The molecule has 0 aliphatic carbocycles. The highest BCUT2D eigenvalue weighted by molar-refractivity contribution is 5.86. The molecular weight excluding hydrogens is 338 g/mol. The molecule has 8 nitrogen and oxygen atoms in total. The van der Waals surface area contributed by atoms with Crippen LogP contribution in [0, 0.1) is 0 Å². The SMILES string of the molecule is COCCCN(Cc1nc(C(=O)OC)co1)C(=O)NCc1ccccc1. The molecule has 140 valence electrons. The van der Waals surface area contributed by atoms with Crippen molar-refractivity contribution >= 4 is 12.0 Å². The molecule has 0 aliphatic rings. The Labute approximate surface area is 152 Å². The van der Waals surface area contributed by atoms with Crippen LogP contribution in [-0.4, -0.2) is 49.3 Å². The fraction of sp³-hybridized carbons (Fsp3) is 0.389. The average Bonchev–Trinajstić information content (AvgIpc) is 3.14. The first kappa shape index (κ1) is 19.5. The van der Waals surface area contributed by atoms with Crippen LogP contribution in [0.1, 0.15) is 28.4 Å². The standard InChI is InChI=1S/C18H23N3O5/c1-24-10-6-9-21(12-16-20-15(13-26-16)17(22)25-2)18(23)19-11-14-7-4-3-5-8-14/h3-5,7-8,13H,6,9-12H2,1-2H3,(H,19,23). The highest BCUT2D eigenvalue weighted by atomic mass is 16.5. The zero-order chi connectivity index (χ0) is 18.8. The lowest BCUT2D eigenvalue weighted by molar-refractivity contribution is 0.0594. The normalized spacial score (nSPS) is 10.4. The summed E-state index contributed by atoms with van der Waals surface area (Å²) in [5, 5.41) is 2.87. The molecular formula is C18H23N3O5. The van der Waals surface area contributed by atoms with E-state index < -0.39 is 5.97 Å². The maximum atomic E-state index is 12.5. The number of hydrogen-bond donors (Lipinski definition) is 1. The number of aromatic nitrogens is 1. The topological polar surface area (TPSA) is 93.9 Å². The van der Waals surface area contributed by atoms with E-state index in [0.717, 1.165) is 5.56 Å². The number of carbonyl (C=O) groups excluding carboxylic acids is 2. The summed E-state index contributed by atoms with van der Waals surface area (Å²) in [6.45, 7) is 1.55. The van der Waals surface area contributed by atoms with Crippen molar-refractivity contribution in [1.82, 2.24) is 15.2 Å². The number of ether oxygens (including phenoxy) is 2. The number of rotatable bonds is 9. The van der Waals surface area contributed by atoms with Crippen LogP contribution in [0.2, 0.25) is 0 Å². The van der Waals surface area contributed by atoms with E-state index in [2.05, 4.69) is 15.0 Å². The zero-order valence-corrected chi connectivity index (χ0v) is 14.9. The van der Waals surface area contributed by atoms with E-state index in [1.165, 1.54) is 13.4 Å². The molecule has 1 aromatic carbocycles. The molecule has 0 radical (unpaired) electrons. The van der Waals surface area contributed by atoms with Gasteiger partial charge in [0, 0.05) is 26.8 Å². The number of nitrogens with one attached hydrogen (secondary N) is 1. The average molecular weight is 361 g/mol. The third-order valence-corrected chi connectivity index (χ3v) is 3.62. The molecule has 1 N–H and O–H groups in total. The van der Waals surface area contributed by atoms with E-state index in [1.54, 1.807) is 12.0 Å². The smallest absolute Gasteiger partial charge is 0.360 e. The second-order valence-electron chi connectivity index (χ2n) is 5.53. The first-order valence-corrected chi connectivity index (χ1v) is 8.22. The van der Waals surface area contributed by atoms with Gasteiger partial charge in [0.15, 0.2) is 5.69 Å². The zero-order valence-electron chi connectivity index (χ0n) is 14.9. The molecule has 26 heavy (non-hydrogen) atoms. The summed E-state index contributed by atoms with van der Waals surface area (Å²) in [5.41, 5.74) is 1.07. The Hall–Kier alpha value is -2.87. The van der Waals surface area contributed by atoms with Gasteiger partial charge in [0.1, 0.15) is 6.26 Å². The molecule has 0 bridgehead atoms. The number of hydrogen-bond acceptors (Lipinski definition) is 6. The van der Waals surface area contributed by atoms with Crippen molar-refractivity contribution in [2.45, 2.75) is 19.5 Å². The molecule has 2 amide bonds. The van der Waals surface area contributed by atoms with Crippen molar-refractivity contribution < 1.29 is 23.5 Å². The van der Waals surface area contributed by atoms with E-state index in [9.17, 15) is 9.59 Å². The van der Waals surface area contributed by atoms with Gasteiger partial charge >= 0.3 is 12.0 Å². The van der Waals surface area contributed by atoms with Gasteiger partial charge in [-0.15, -0.1) is 0 Å². The number of benzene rings is 1. The van der Waals surface area contributed by atoms with Crippen molar-refractivity contribution in [3.63, 3.8) is 0 Å². The maximum absolute atomic E-state index is 12.5. The minimum Gasteiger partial charge on any atom is -0.464 e. The first-order chi connectivity index (χ1) is 12.6. The van der Waals surface area contributed by atoms with Crippen LogP contribution in [-0.2, 0) is 22.6 Å². The number of amides is 2. The molecule has 1 aromatic heterocycles. The molecule has 0 saturated heterocycles. The molecule has 8 heteroatoms. The van der Waals surface area contributed by atoms with Gasteiger partial charge < -0.3 is 24.1 Å². The van der Waals surface area contributed by atoms with Crippen molar-refractivity contribution in [2.75, 3.05) is 27.4 Å². The maximum Gasteiger partial charge on any atom is 0.360 e. The van der Waals surface area contributed by atoms with E-state index in [0.29, 0.717) is 26.1 Å². The second-order valence-corrected chi connectivity index (χ2v) is 5.53. The Morgan fingerprint density at radius 2 is 2.00 bits per heavy atom. The van der Waals surface area contributed by atoms with Gasteiger partial charge in [-0.2, -0.15) is 0 Å². The predicted molar refractivity (Wildman–Crippen MR) is 93.4 cm³/mol. The minimum absolute atomic E-state index is 0.0732. The van der Waals surface area contributed by atoms with Crippen molar-refractivity contribution in [3.8, 4) is 0 Å². The van der Waals surface area contributed by atoms with Gasteiger partial charge in [0.05, 0.1) is 13.7 Å². The summed E-state index contributed by atoms with van der Waals surface area (Å²) in [7, 11) is 2.88. The van der Waals surface area contributed by atoms with Crippen LogP contribution < -0.4 is 5.32 Å². The number of oxazole rings is 1. The van der Waals surface area contributed by atoms with Crippen LogP contribution >= 0.6 is 0 Å². The van der Waals surface area contributed by atoms with Crippen molar-refractivity contribution in [1.29, 1.82) is 0 Å². The fourth-order valence-corrected chi connectivity index (χ4v) is 2.28. The Morgan fingerprint density at radius 3 is 2.69 bits per heavy atom. The second kappa shape index (κ2) is 10.2. The summed E-state index contributed by atoms with van der Waals surface area (Å²) >= 11 is 0. The Morgan fingerprint density at radius 1 is 1.23 bits per heavy atom. The fourth-order valence-electron chi connectivity index (χ4n) is 2.28. The summed E-state index contributed by atoms with van der Waals surface area (Å²) in [5.74, 6) is -0.322. The Bertz CT molecular complexity index is 702. The number of carbonyl (C=O) groups is 2. The lowest BCUT2D eigenvalue weighted by Crippen LogP contribution is -2.40. The third kappa shape index (κ3) is 5.89. The molecule has 0 aliphatic heterocycles. The quantitative estimate of drug-likeness (QED) is 0.544. The first-order valence-electron chi connectivity index (χ1n) is 8.22. The number of nitrogens with zero attached hydrogens (tertiary/aromatic N) is 2. The predicted octanol–water partition coefficient (Wildman–Crippen LogP) is 2.21. The summed E-state index contributed by atoms with van der Waals surface area (Å²) < 4.78 is 14.9. The van der Waals surface area contributed by atoms with E-state index in [1.807, 2.05) is 30.3 Å². The lowest BCUT2D eigenvalue weighted by Gasteiger charge is -2.21. The molecule has 0 saturated carbocycles. The van der Waals surface area contributed by atoms with Gasteiger partial charge in [-0.05, 0) is 12.0 Å². The van der Waals surface area contributed by atoms with E-state index in [-0.39, 0.29) is 24.2 Å². The van der Waals surface area contributed by atoms with Crippen LogP contribution in [0.5, 0.6) is 0 Å². The van der Waals surface area contributed by atoms with Gasteiger partial charge in [-0.25, -0.2) is 14.6 Å². The van der Waals surface area contributed by atoms with E-state index >= 15 is 0 Å². The van der Waals surface area contributed by atoms with Gasteiger partial charge in [-0.3, -0.25) is 0 Å². The molecule has 0 fully saturated rings. The van der Waals surface area contributed by atoms with Gasteiger partial charge in [0.25, 0.3) is 0 Å². The van der Waals surface area contributed by atoms with Crippen LogP contribution in [0.4, 0.5) is 4.79 Å². The largest absolute Gasteiger partial charge is 0.464 e. The van der Waals surface area contributed by atoms with Crippen LogP contribution in [0.15, 0.2) is 41.0 Å². The summed E-state index contributed by atoms with van der Waals surface area (Å²) in [6, 6.07) is 9.38. The Kier molecular flexibility index (Phi) is 7.63. The van der Waals surface area contributed by atoms with Crippen molar-refractivity contribution in [2.24, 2.45) is 0 Å². The lowest BCUT2D eigenvalue weighted by atomic mass is 10.2. The highest BCUT2D eigenvalue weighted by Crippen LogP contribution is 2.08. The Balaban J connectivity index is 1.98. The molecule has 2 rings (SSSR count). The molecule has 1 heterocycles. The summed E-state index contributed by atoms with van der Waals surface area (Å²) in [6.07, 6.45) is 1.89. The number of methoxy groups -OCH3 is 2. The van der Waals surface area contributed by atoms with Crippen molar-refractivity contribution in [3.05, 3.63) is 53.7 Å². The van der Waals surface area contributed by atoms with Crippen LogP contribution in [0.3, 0.4) is 0 Å². The van der Waals surface area contributed by atoms with E-state index in [4.69, 9.17) is 9.15 Å². The van der Waals surface area contributed by atoms with Crippen LogP contribution in [0.25, 0.3) is 0 Å². The molecule has 0 unspecified atom stereocenters. The number of urea groups is 1. The monoisotopic (exact) mass is 361 g/mol. The minimum atomic E-state index is -0.584. The molecule has 0 atom stereocenters. The van der Waals surface area contributed by atoms with Gasteiger partial charge in [0.2, 0.25) is 5.89 Å². The highest BCUT2D eigenvalue weighted by Gasteiger charge is 2.18.